The molecular weight excluding hydrogens is 278 g/mol. The second kappa shape index (κ2) is 5.99. The smallest absolute Gasteiger partial charge is 0.240 e. The van der Waals surface area contributed by atoms with E-state index in [-0.39, 0.29) is 11.5 Å². The number of hydrogen-bond donors (Lipinski definition) is 3. The molecule has 0 aromatic heterocycles. The summed E-state index contributed by atoms with van der Waals surface area (Å²) < 4.78 is 23.4. The summed E-state index contributed by atoms with van der Waals surface area (Å²) in [6.07, 6.45) is 2.76. The molecule has 1 atom stereocenters. The number of piperidine rings is 1. The molecule has 1 heterocycles. The van der Waals surface area contributed by atoms with Crippen LogP contribution in [-0.4, -0.2) is 33.2 Å². The Labute approximate surface area is 119 Å². The molecule has 7 heteroatoms. The third-order valence-corrected chi connectivity index (χ3v) is 4.63. The number of rotatable bonds is 4. The molecule has 1 aromatic carbocycles. The van der Waals surface area contributed by atoms with Gasteiger partial charge in [-0.3, -0.25) is 0 Å². The van der Waals surface area contributed by atoms with Crippen LogP contribution in [0.25, 0.3) is 0 Å². The summed E-state index contributed by atoms with van der Waals surface area (Å²) in [6, 6.07) is 4.79. The van der Waals surface area contributed by atoms with E-state index in [4.69, 9.17) is 16.0 Å². The molecule has 0 saturated carbocycles. The van der Waals surface area contributed by atoms with Gasteiger partial charge in [0.25, 0.3) is 0 Å². The van der Waals surface area contributed by atoms with Crippen LogP contribution in [-0.2, 0) is 10.0 Å². The van der Waals surface area contributed by atoms with Gasteiger partial charge in [-0.05, 0) is 43.4 Å². The molecule has 0 bridgehead atoms. The van der Waals surface area contributed by atoms with E-state index in [0.717, 1.165) is 32.4 Å². The third-order valence-electron chi connectivity index (χ3n) is 3.69. The number of aliphatic hydroxyl groups excluding tert-OH is 1. The molecule has 1 unspecified atom stereocenters. The van der Waals surface area contributed by atoms with E-state index >= 15 is 0 Å². The number of benzene rings is 1. The number of nitrogens with zero attached hydrogens (tertiary/aromatic N) is 1. The number of sulfonamides is 1. The molecule has 112 valence electrons. The molecule has 0 amide bonds. The van der Waals surface area contributed by atoms with E-state index in [1.807, 2.05) is 4.90 Å². The lowest BCUT2D eigenvalue weighted by molar-refractivity contribution is 0.244. The largest absolute Gasteiger partial charge is 0.399 e. The van der Waals surface area contributed by atoms with Crippen molar-refractivity contribution < 1.29 is 13.5 Å². The van der Waals surface area contributed by atoms with Crippen molar-refractivity contribution in [2.45, 2.75) is 24.2 Å². The summed E-state index contributed by atoms with van der Waals surface area (Å²) in [6.45, 7) is 1.67. The van der Waals surface area contributed by atoms with Crippen molar-refractivity contribution in [3.63, 3.8) is 0 Å². The van der Waals surface area contributed by atoms with Crippen LogP contribution in [0.3, 0.4) is 0 Å². The van der Waals surface area contributed by atoms with Crippen LogP contribution in [0.5, 0.6) is 0 Å². The van der Waals surface area contributed by atoms with Gasteiger partial charge in [0.1, 0.15) is 4.90 Å². The van der Waals surface area contributed by atoms with Gasteiger partial charge < -0.3 is 15.7 Å². The monoisotopic (exact) mass is 299 g/mol. The molecule has 0 spiro atoms. The molecule has 0 radical (unpaired) electrons. The van der Waals surface area contributed by atoms with Crippen LogP contribution < -0.4 is 15.8 Å². The van der Waals surface area contributed by atoms with Gasteiger partial charge in [-0.1, -0.05) is 0 Å². The Hall–Kier alpha value is -1.31. The minimum absolute atomic E-state index is 0.0714. The fourth-order valence-electron chi connectivity index (χ4n) is 2.72. The first-order valence-electron chi connectivity index (χ1n) is 6.70. The Bertz CT molecular complexity index is 572. The Morgan fingerprint density at radius 2 is 2.15 bits per heavy atom. The van der Waals surface area contributed by atoms with E-state index in [2.05, 4.69) is 0 Å². The van der Waals surface area contributed by atoms with Crippen molar-refractivity contribution in [2.24, 2.45) is 11.1 Å². The summed E-state index contributed by atoms with van der Waals surface area (Å²) in [5.74, 6) is 0.375. The minimum atomic E-state index is -3.81. The number of anilines is 2. The summed E-state index contributed by atoms with van der Waals surface area (Å²) in [7, 11) is -3.81. The number of nitrogens with two attached hydrogens (primary N) is 2. The van der Waals surface area contributed by atoms with Crippen LogP contribution in [0.2, 0.25) is 0 Å². The fourth-order valence-corrected chi connectivity index (χ4v) is 3.51. The van der Waals surface area contributed by atoms with Gasteiger partial charge in [0.2, 0.25) is 10.0 Å². The topological polar surface area (TPSA) is 110 Å². The van der Waals surface area contributed by atoms with Crippen molar-refractivity contribution in [1.29, 1.82) is 0 Å². The van der Waals surface area contributed by atoms with Crippen LogP contribution in [0.15, 0.2) is 23.1 Å². The SMILES string of the molecule is Nc1ccc(N2CCCC(CCO)C2)c(S(N)(=O)=O)c1. The minimum Gasteiger partial charge on any atom is -0.399 e. The second-order valence-corrected chi connectivity index (χ2v) is 6.77. The van der Waals surface area contributed by atoms with Crippen molar-refractivity contribution in [2.75, 3.05) is 30.3 Å². The third kappa shape index (κ3) is 3.41. The van der Waals surface area contributed by atoms with Gasteiger partial charge in [0.05, 0.1) is 5.69 Å². The predicted molar refractivity (Wildman–Crippen MR) is 78.9 cm³/mol. The van der Waals surface area contributed by atoms with Crippen molar-refractivity contribution in [1.82, 2.24) is 0 Å². The van der Waals surface area contributed by atoms with Crippen LogP contribution in [0, 0.1) is 5.92 Å². The van der Waals surface area contributed by atoms with E-state index in [1.165, 1.54) is 6.07 Å². The van der Waals surface area contributed by atoms with Gasteiger partial charge in [-0.2, -0.15) is 0 Å². The lowest BCUT2D eigenvalue weighted by Gasteiger charge is -2.35. The first-order valence-corrected chi connectivity index (χ1v) is 8.24. The lowest BCUT2D eigenvalue weighted by atomic mass is 9.95. The highest BCUT2D eigenvalue weighted by Gasteiger charge is 2.24. The number of primary sulfonamides is 1. The quantitative estimate of drug-likeness (QED) is 0.702. The van der Waals surface area contributed by atoms with Crippen LogP contribution >= 0.6 is 0 Å². The number of hydrogen-bond acceptors (Lipinski definition) is 5. The maximum atomic E-state index is 11.7. The lowest BCUT2D eigenvalue weighted by Crippen LogP contribution is -2.37. The maximum absolute atomic E-state index is 11.7. The Morgan fingerprint density at radius 3 is 2.80 bits per heavy atom. The Kier molecular flexibility index (Phi) is 4.52. The van der Waals surface area contributed by atoms with Crippen molar-refractivity contribution >= 4 is 21.4 Å². The molecule has 2 rings (SSSR count). The van der Waals surface area contributed by atoms with E-state index in [0.29, 0.717) is 17.3 Å². The first kappa shape index (κ1) is 15.1. The van der Waals surface area contributed by atoms with Crippen molar-refractivity contribution in [3.8, 4) is 0 Å². The average Bonchev–Trinajstić information content (AvgIpc) is 2.38. The average molecular weight is 299 g/mol. The van der Waals surface area contributed by atoms with E-state index in [9.17, 15) is 8.42 Å². The molecule has 6 nitrogen and oxygen atoms in total. The summed E-state index contributed by atoms with van der Waals surface area (Å²) in [4.78, 5) is 2.09. The molecular formula is C13H21N3O3S. The molecule has 1 saturated heterocycles. The Morgan fingerprint density at radius 1 is 1.40 bits per heavy atom. The molecule has 1 aromatic rings. The molecule has 1 aliphatic heterocycles. The molecule has 5 N–H and O–H groups in total. The van der Waals surface area contributed by atoms with Crippen molar-refractivity contribution in [3.05, 3.63) is 18.2 Å². The highest BCUT2D eigenvalue weighted by molar-refractivity contribution is 7.89. The van der Waals surface area contributed by atoms with E-state index < -0.39 is 10.0 Å². The highest BCUT2D eigenvalue weighted by atomic mass is 32.2. The number of nitrogen functional groups attached to an aromatic ring is 1. The summed E-state index contributed by atoms with van der Waals surface area (Å²) in [5.41, 5.74) is 6.63. The number of aliphatic hydroxyl groups is 1. The maximum Gasteiger partial charge on any atom is 0.240 e. The summed E-state index contributed by atoms with van der Waals surface area (Å²) in [5, 5.41) is 14.3. The van der Waals surface area contributed by atoms with Gasteiger partial charge in [-0.15, -0.1) is 0 Å². The van der Waals surface area contributed by atoms with Gasteiger partial charge in [-0.25, -0.2) is 13.6 Å². The molecule has 1 aliphatic rings. The van der Waals surface area contributed by atoms with Gasteiger partial charge >= 0.3 is 0 Å². The first-order chi connectivity index (χ1) is 9.41. The summed E-state index contributed by atoms with van der Waals surface area (Å²) >= 11 is 0. The zero-order valence-electron chi connectivity index (χ0n) is 11.3. The van der Waals surface area contributed by atoms with Crippen LogP contribution in [0.4, 0.5) is 11.4 Å². The normalized spacial score (nSPS) is 20.1. The molecule has 1 fully saturated rings. The molecule has 0 aliphatic carbocycles. The standard InChI is InChI=1S/C13H21N3O3S/c14-11-3-4-12(13(8-11)20(15,18)19)16-6-1-2-10(9-16)5-7-17/h3-4,8,10,17H,1-2,5-7,9,14H2,(H2,15,18,19). The predicted octanol–water partition coefficient (Wildman–Crippen LogP) is 0.515. The second-order valence-electron chi connectivity index (χ2n) is 5.24. The highest BCUT2D eigenvalue weighted by Crippen LogP contribution is 2.31. The zero-order chi connectivity index (χ0) is 14.8. The van der Waals surface area contributed by atoms with E-state index in [1.54, 1.807) is 12.1 Å². The molecule has 20 heavy (non-hydrogen) atoms. The zero-order valence-corrected chi connectivity index (χ0v) is 12.1. The Balaban J connectivity index is 2.32. The fraction of sp³-hybridized carbons (Fsp3) is 0.538. The van der Waals surface area contributed by atoms with Gasteiger partial charge in [0.15, 0.2) is 0 Å². The van der Waals surface area contributed by atoms with Crippen LogP contribution in [0.1, 0.15) is 19.3 Å². The van der Waals surface area contributed by atoms with Gasteiger partial charge in [0, 0.05) is 25.4 Å².